The van der Waals surface area contributed by atoms with E-state index < -0.39 is 48.1 Å². The van der Waals surface area contributed by atoms with Crippen molar-refractivity contribution in [2.75, 3.05) is 13.2 Å². The number of carbonyl (C=O) groups is 4. The lowest BCUT2D eigenvalue weighted by atomic mass is 9.77. The first-order chi connectivity index (χ1) is 15.2. The van der Waals surface area contributed by atoms with Crippen LogP contribution in [0.1, 0.15) is 112 Å². The van der Waals surface area contributed by atoms with E-state index in [0.29, 0.717) is 19.3 Å². The number of Topliss-reactive ketones (excluding diaryl/α,β-unsaturated/α-hetero) is 1. The monoisotopic (exact) mass is 456 g/mol. The van der Waals surface area contributed by atoms with Gasteiger partial charge in [0.1, 0.15) is 11.2 Å². The molecule has 0 fully saturated rings. The van der Waals surface area contributed by atoms with Crippen molar-refractivity contribution in [2.45, 2.75) is 118 Å². The van der Waals surface area contributed by atoms with Crippen molar-refractivity contribution in [3.63, 3.8) is 0 Å². The Bertz CT molecular complexity index is 545. The normalized spacial score (nSPS) is 12.2. The van der Waals surface area contributed by atoms with Gasteiger partial charge in [0, 0.05) is 0 Å². The molecular weight excluding hydrogens is 412 g/mol. The van der Waals surface area contributed by atoms with Gasteiger partial charge in [-0.05, 0) is 39.5 Å². The molecule has 1 unspecified atom stereocenters. The molecule has 0 spiro atoms. The Morgan fingerprint density at radius 3 is 1.56 bits per heavy atom. The third kappa shape index (κ3) is 12.2. The summed E-state index contributed by atoms with van der Waals surface area (Å²) in [5.41, 5.74) is -1.93. The van der Waals surface area contributed by atoms with Gasteiger partial charge in [0.05, 0.1) is 32.2 Å². The maximum absolute atomic E-state index is 13.1. The number of ether oxygens (including phenoxy) is 3. The molecule has 0 rings (SSSR count). The Labute approximate surface area is 193 Å². The minimum absolute atomic E-state index is 0.213. The van der Waals surface area contributed by atoms with E-state index in [1.54, 1.807) is 6.92 Å². The smallest absolute Gasteiger partial charge is 0.321 e. The second kappa shape index (κ2) is 17.6. The predicted molar refractivity (Wildman–Crippen MR) is 123 cm³/mol. The van der Waals surface area contributed by atoms with Gasteiger partial charge in [0.15, 0.2) is 0 Å². The molecule has 7 nitrogen and oxygen atoms in total. The number of esters is 3. The number of hydrogen-bond donors (Lipinski definition) is 0. The zero-order chi connectivity index (χ0) is 24.4. The molecular formula is C25H44O7. The van der Waals surface area contributed by atoms with Crippen molar-refractivity contribution in [2.24, 2.45) is 5.41 Å². The van der Waals surface area contributed by atoms with Crippen molar-refractivity contribution in [3.05, 3.63) is 0 Å². The van der Waals surface area contributed by atoms with E-state index >= 15 is 0 Å². The van der Waals surface area contributed by atoms with Crippen LogP contribution < -0.4 is 0 Å². The van der Waals surface area contributed by atoms with Crippen molar-refractivity contribution in [3.8, 4) is 0 Å². The molecule has 0 aromatic heterocycles. The predicted octanol–water partition coefficient (Wildman–Crippen LogP) is 5.32. The lowest BCUT2D eigenvalue weighted by Crippen LogP contribution is -2.45. The Morgan fingerprint density at radius 1 is 0.719 bits per heavy atom. The van der Waals surface area contributed by atoms with Gasteiger partial charge in [-0.15, -0.1) is 0 Å². The maximum Gasteiger partial charge on any atom is 0.321 e. The number of unbranched alkanes of at least 4 members (excludes halogenated alkanes) is 6. The fourth-order valence-corrected chi connectivity index (χ4v) is 3.31. The minimum Gasteiger partial charge on any atom is -0.466 e. The average Bonchev–Trinajstić information content (AvgIpc) is 2.73. The highest BCUT2D eigenvalue weighted by Gasteiger charge is 2.49. The summed E-state index contributed by atoms with van der Waals surface area (Å²) < 4.78 is 16.0. The van der Waals surface area contributed by atoms with E-state index in [4.69, 9.17) is 14.2 Å². The first kappa shape index (κ1) is 30.1. The van der Waals surface area contributed by atoms with Gasteiger partial charge in [-0.1, -0.05) is 59.3 Å². The van der Waals surface area contributed by atoms with Crippen LogP contribution >= 0.6 is 0 Å². The highest BCUT2D eigenvalue weighted by atomic mass is 16.6. The molecule has 7 heteroatoms. The number of ketones is 1. The molecule has 0 amide bonds. The molecule has 0 N–H and O–H groups in total. The standard InChI is InChI=1S/C25H44O7/c1-6-9-12-15-20(4)32-24(29)25(21(5)26,18-22(27)30-16-13-10-7-2)19-23(28)31-17-14-11-8-3/h20H,6-19H2,1-5H3. The molecule has 32 heavy (non-hydrogen) atoms. The zero-order valence-electron chi connectivity index (χ0n) is 20.8. The topological polar surface area (TPSA) is 96.0 Å². The van der Waals surface area contributed by atoms with Gasteiger partial charge in [-0.3, -0.25) is 19.2 Å². The van der Waals surface area contributed by atoms with Crippen molar-refractivity contribution in [1.82, 2.24) is 0 Å². The van der Waals surface area contributed by atoms with Crippen LogP contribution in [0.15, 0.2) is 0 Å². The molecule has 0 aliphatic heterocycles. The highest BCUT2D eigenvalue weighted by molar-refractivity contribution is 6.07. The molecule has 0 aliphatic rings. The van der Waals surface area contributed by atoms with Gasteiger partial charge in [0.2, 0.25) is 0 Å². The zero-order valence-corrected chi connectivity index (χ0v) is 20.8. The van der Waals surface area contributed by atoms with E-state index in [1.807, 2.05) is 13.8 Å². The molecule has 0 radical (unpaired) electrons. The Morgan fingerprint density at radius 2 is 1.16 bits per heavy atom. The molecule has 0 saturated carbocycles. The Balaban J connectivity index is 5.38. The molecule has 0 bridgehead atoms. The SMILES string of the molecule is CCCCCOC(=O)CC(CC(=O)OCCCCC)(C(C)=O)C(=O)OC(C)CCCCC. The summed E-state index contributed by atoms with van der Waals surface area (Å²) in [5, 5.41) is 0. The summed E-state index contributed by atoms with van der Waals surface area (Å²) in [5.74, 6) is -2.83. The summed E-state index contributed by atoms with van der Waals surface area (Å²) in [4.78, 5) is 50.7. The summed E-state index contributed by atoms with van der Waals surface area (Å²) in [6.07, 6.45) is 7.27. The third-order valence-corrected chi connectivity index (χ3v) is 5.50. The Hall–Kier alpha value is -1.92. The van der Waals surface area contributed by atoms with E-state index in [2.05, 4.69) is 6.92 Å². The van der Waals surface area contributed by atoms with E-state index in [1.165, 1.54) is 6.92 Å². The third-order valence-electron chi connectivity index (χ3n) is 5.50. The van der Waals surface area contributed by atoms with Gasteiger partial charge >= 0.3 is 17.9 Å². The second-order valence-corrected chi connectivity index (χ2v) is 8.56. The van der Waals surface area contributed by atoms with Crippen LogP contribution in [0.3, 0.4) is 0 Å². The van der Waals surface area contributed by atoms with E-state index in [9.17, 15) is 19.2 Å². The molecule has 1 atom stereocenters. The number of hydrogen-bond acceptors (Lipinski definition) is 7. The molecule has 0 aliphatic carbocycles. The second-order valence-electron chi connectivity index (χ2n) is 8.56. The van der Waals surface area contributed by atoms with Crippen LogP contribution in [0, 0.1) is 5.41 Å². The van der Waals surface area contributed by atoms with Gasteiger partial charge in [0.25, 0.3) is 0 Å². The van der Waals surface area contributed by atoms with Gasteiger partial charge in [-0.2, -0.15) is 0 Å². The summed E-state index contributed by atoms with van der Waals surface area (Å²) in [6.45, 7) is 9.53. The first-order valence-electron chi connectivity index (χ1n) is 12.3. The van der Waals surface area contributed by atoms with Gasteiger partial charge in [-0.25, -0.2) is 0 Å². The lowest BCUT2D eigenvalue weighted by Gasteiger charge is -2.29. The Kier molecular flexibility index (Phi) is 16.6. The van der Waals surface area contributed by atoms with Crippen molar-refractivity contribution < 1.29 is 33.4 Å². The average molecular weight is 457 g/mol. The highest BCUT2D eigenvalue weighted by Crippen LogP contribution is 2.32. The summed E-state index contributed by atoms with van der Waals surface area (Å²) in [6, 6.07) is 0. The molecule has 0 aromatic carbocycles. The van der Waals surface area contributed by atoms with Crippen LogP contribution in [-0.4, -0.2) is 43.0 Å². The summed E-state index contributed by atoms with van der Waals surface area (Å²) >= 11 is 0. The molecule has 0 saturated heterocycles. The number of carbonyl (C=O) groups excluding carboxylic acids is 4. The molecule has 0 heterocycles. The minimum atomic E-state index is -1.93. The number of rotatable bonds is 19. The first-order valence-corrected chi connectivity index (χ1v) is 12.3. The van der Waals surface area contributed by atoms with E-state index in [0.717, 1.165) is 44.9 Å². The fraction of sp³-hybridized carbons (Fsp3) is 0.840. The summed E-state index contributed by atoms with van der Waals surface area (Å²) in [7, 11) is 0. The fourth-order valence-electron chi connectivity index (χ4n) is 3.31. The van der Waals surface area contributed by atoms with Crippen molar-refractivity contribution in [1.29, 1.82) is 0 Å². The van der Waals surface area contributed by atoms with Gasteiger partial charge < -0.3 is 14.2 Å². The maximum atomic E-state index is 13.1. The largest absolute Gasteiger partial charge is 0.466 e. The van der Waals surface area contributed by atoms with Crippen LogP contribution in [-0.2, 0) is 33.4 Å². The lowest BCUT2D eigenvalue weighted by molar-refractivity contribution is -0.174. The van der Waals surface area contributed by atoms with Crippen molar-refractivity contribution >= 4 is 23.7 Å². The molecule has 186 valence electrons. The van der Waals surface area contributed by atoms with Crippen LogP contribution in [0.25, 0.3) is 0 Å². The van der Waals surface area contributed by atoms with Crippen LogP contribution in [0.2, 0.25) is 0 Å². The van der Waals surface area contributed by atoms with Crippen LogP contribution in [0.4, 0.5) is 0 Å². The van der Waals surface area contributed by atoms with E-state index in [-0.39, 0.29) is 13.2 Å². The molecule has 0 aromatic rings. The quantitative estimate of drug-likeness (QED) is 0.112. The van der Waals surface area contributed by atoms with Crippen LogP contribution in [0.5, 0.6) is 0 Å².